The van der Waals surface area contributed by atoms with Gasteiger partial charge < -0.3 is 9.84 Å². The number of rotatable bonds is 1. The third-order valence-electron chi connectivity index (χ3n) is 2.35. The molecule has 0 radical (unpaired) electrons. The van der Waals surface area contributed by atoms with Gasteiger partial charge >= 0.3 is 6.18 Å². The average molecular weight is 218 g/mol. The highest BCUT2D eigenvalue weighted by molar-refractivity contribution is 5.45. The molecule has 0 aliphatic carbocycles. The van der Waals surface area contributed by atoms with Crippen molar-refractivity contribution in [1.82, 2.24) is 0 Å². The zero-order valence-corrected chi connectivity index (χ0v) is 7.71. The highest BCUT2D eigenvalue weighted by Gasteiger charge is 2.41. The molecule has 0 spiro atoms. The van der Waals surface area contributed by atoms with E-state index in [2.05, 4.69) is 0 Å². The molecular weight excluding hydrogens is 209 g/mol. The molecule has 5 heteroatoms. The Labute approximate surface area is 84.3 Å². The minimum Gasteiger partial charge on any atom is -0.493 e. The molecule has 1 aliphatic heterocycles. The minimum atomic E-state index is -4.65. The van der Waals surface area contributed by atoms with E-state index >= 15 is 0 Å². The molecule has 15 heavy (non-hydrogen) atoms. The lowest BCUT2D eigenvalue weighted by Crippen LogP contribution is -2.20. The van der Waals surface area contributed by atoms with E-state index in [1.807, 2.05) is 0 Å². The molecule has 1 atom stereocenters. The monoisotopic (exact) mass is 218 g/mol. The fourth-order valence-electron chi connectivity index (χ4n) is 1.63. The smallest absolute Gasteiger partial charge is 0.418 e. The SMILES string of the molecule is O[C@@H](c1cccc2c1OCC2)C(F)(F)F. The first-order valence-electron chi connectivity index (χ1n) is 4.49. The van der Waals surface area contributed by atoms with Crippen LogP contribution in [0.5, 0.6) is 5.75 Å². The fraction of sp³-hybridized carbons (Fsp3) is 0.400. The molecule has 2 rings (SSSR count). The summed E-state index contributed by atoms with van der Waals surface area (Å²) in [5, 5.41) is 9.12. The summed E-state index contributed by atoms with van der Waals surface area (Å²) in [4.78, 5) is 0. The van der Waals surface area contributed by atoms with Crippen molar-refractivity contribution in [3.8, 4) is 5.75 Å². The highest BCUT2D eigenvalue weighted by atomic mass is 19.4. The van der Waals surface area contributed by atoms with Crippen LogP contribution in [0.15, 0.2) is 18.2 Å². The topological polar surface area (TPSA) is 29.5 Å². The van der Waals surface area contributed by atoms with Crippen LogP contribution in [0.3, 0.4) is 0 Å². The number of halogens is 3. The van der Waals surface area contributed by atoms with E-state index in [0.717, 1.165) is 5.56 Å². The van der Waals surface area contributed by atoms with E-state index in [4.69, 9.17) is 9.84 Å². The summed E-state index contributed by atoms with van der Waals surface area (Å²) in [6.45, 7) is 0.372. The first kappa shape index (κ1) is 10.3. The molecule has 82 valence electrons. The molecule has 0 saturated heterocycles. The number of hydrogen-bond acceptors (Lipinski definition) is 2. The molecule has 1 aromatic carbocycles. The van der Waals surface area contributed by atoms with E-state index in [-0.39, 0.29) is 11.3 Å². The molecule has 1 aliphatic rings. The van der Waals surface area contributed by atoms with Crippen LogP contribution in [-0.4, -0.2) is 17.9 Å². The summed E-state index contributed by atoms with van der Waals surface area (Å²) in [6.07, 6.45) is -6.53. The summed E-state index contributed by atoms with van der Waals surface area (Å²) in [5.41, 5.74) is 0.522. The average Bonchev–Trinajstić information content (AvgIpc) is 2.62. The van der Waals surface area contributed by atoms with Gasteiger partial charge in [0.25, 0.3) is 0 Å². The Hall–Kier alpha value is -1.23. The quantitative estimate of drug-likeness (QED) is 0.783. The van der Waals surface area contributed by atoms with Crippen molar-refractivity contribution in [3.63, 3.8) is 0 Å². The summed E-state index contributed by atoms with van der Waals surface area (Å²) in [6, 6.07) is 4.44. The molecule has 0 fully saturated rings. The van der Waals surface area contributed by atoms with E-state index in [1.165, 1.54) is 12.1 Å². The number of alkyl halides is 3. The number of para-hydroxylation sites is 1. The fourth-order valence-corrected chi connectivity index (χ4v) is 1.63. The van der Waals surface area contributed by atoms with E-state index in [1.54, 1.807) is 6.07 Å². The zero-order chi connectivity index (χ0) is 11.1. The summed E-state index contributed by atoms with van der Waals surface area (Å²) in [5.74, 6) is 0.183. The molecule has 2 nitrogen and oxygen atoms in total. The van der Waals surface area contributed by atoms with Crippen molar-refractivity contribution in [2.75, 3.05) is 6.61 Å². The van der Waals surface area contributed by atoms with Gasteiger partial charge in [0, 0.05) is 12.0 Å². The minimum absolute atomic E-state index is 0.183. The van der Waals surface area contributed by atoms with Gasteiger partial charge in [-0.05, 0) is 5.56 Å². The van der Waals surface area contributed by atoms with Gasteiger partial charge in [-0.25, -0.2) is 0 Å². The Morgan fingerprint density at radius 3 is 2.73 bits per heavy atom. The van der Waals surface area contributed by atoms with E-state index in [0.29, 0.717) is 13.0 Å². The van der Waals surface area contributed by atoms with Gasteiger partial charge in [-0.15, -0.1) is 0 Å². The third-order valence-corrected chi connectivity index (χ3v) is 2.35. The van der Waals surface area contributed by atoms with E-state index < -0.39 is 12.3 Å². The Morgan fingerprint density at radius 1 is 1.33 bits per heavy atom. The second-order valence-electron chi connectivity index (χ2n) is 3.38. The summed E-state index contributed by atoms with van der Waals surface area (Å²) < 4.78 is 42.0. The van der Waals surface area contributed by atoms with Gasteiger partial charge in [-0.2, -0.15) is 13.2 Å². The second kappa shape index (κ2) is 3.41. The maximum Gasteiger partial charge on any atom is 0.418 e. The molecule has 1 N–H and O–H groups in total. The van der Waals surface area contributed by atoms with Crippen LogP contribution in [0, 0.1) is 0 Å². The van der Waals surface area contributed by atoms with Crippen molar-refractivity contribution in [1.29, 1.82) is 0 Å². The van der Waals surface area contributed by atoms with Crippen molar-refractivity contribution in [2.45, 2.75) is 18.7 Å². The molecule has 1 heterocycles. The van der Waals surface area contributed by atoms with Crippen molar-refractivity contribution < 1.29 is 23.0 Å². The number of fused-ring (bicyclic) bond motifs is 1. The van der Waals surface area contributed by atoms with Crippen LogP contribution in [-0.2, 0) is 6.42 Å². The van der Waals surface area contributed by atoms with Crippen molar-refractivity contribution in [2.24, 2.45) is 0 Å². The zero-order valence-electron chi connectivity index (χ0n) is 7.71. The Bertz CT molecular complexity index is 373. The molecule has 1 aromatic rings. The molecular formula is C10H9F3O2. The van der Waals surface area contributed by atoms with Crippen LogP contribution < -0.4 is 4.74 Å². The van der Waals surface area contributed by atoms with Crippen LogP contribution in [0.1, 0.15) is 17.2 Å². The Morgan fingerprint density at radius 2 is 2.07 bits per heavy atom. The first-order chi connectivity index (χ1) is 7.00. The maximum atomic E-state index is 12.3. The van der Waals surface area contributed by atoms with Crippen LogP contribution in [0.4, 0.5) is 13.2 Å². The number of ether oxygens (including phenoxy) is 1. The predicted octanol–water partition coefficient (Wildman–Crippen LogP) is 2.22. The lowest BCUT2D eigenvalue weighted by atomic mass is 10.0. The van der Waals surface area contributed by atoms with Gasteiger partial charge in [0.2, 0.25) is 0 Å². The maximum absolute atomic E-state index is 12.3. The number of aliphatic hydroxyl groups is 1. The summed E-state index contributed by atoms with van der Waals surface area (Å²) in [7, 11) is 0. The first-order valence-corrected chi connectivity index (χ1v) is 4.49. The standard InChI is InChI=1S/C10H9F3O2/c11-10(12,13)9(14)7-3-1-2-6-4-5-15-8(6)7/h1-3,9,14H,4-5H2/t9-/m0/s1. The van der Waals surface area contributed by atoms with Gasteiger partial charge in [-0.1, -0.05) is 18.2 Å². The second-order valence-corrected chi connectivity index (χ2v) is 3.38. The molecule has 0 bridgehead atoms. The van der Waals surface area contributed by atoms with Gasteiger partial charge in [0.1, 0.15) is 5.75 Å². The predicted molar refractivity (Wildman–Crippen MR) is 46.7 cm³/mol. The Balaban J connectivity index is 2.41. The van der Waals surface area contributed by atoms with Crippen LogP contribution in [0.25, 0.3) is 0 Å². The van der Waals surface area contributed by atoms with Crippen molar-refractivity contribution in [3.05, 3.63) is 29.3 Å². The molecule has 0 saturated carbocycles. The number of hydrogen-bond donors (Lipinski definition) is 1. The lowest BCUT2D eigenvalue weighted by Gasteiger charge is -2.17. The van der Waals surface area contributed by atoms with Crippen LogP contribution >= 0.6 is 0 Å². The Kier molecular flexibility index (Phi) is 2.34. The molecule has 0 aromatic heterocycles. The molecule has 0 amide bonds. The summed E-state index contributed by atoms with van der Waals surface area (Å²) >= 11 is 0. The van der Waals surface area contributed by atoms with Crippen LogP contribution in [0.2, 0.25) is 0 Å². The molecule has 0 unspecified atom stereocenters. The van der Waals surface area contributed by atoms with Gasteiger partial charge in [0.05, 0.1) is 6.61 Å². The lowest BCUT2D eigenvalue weighted by molar-refractivity contribution is -0.207. The number of aliphatic hydroxyl groups excluding tert-OH is 1. The largest absolute Gasteiger partial charge is 0.493 e. The third kappa shape index (κ3) is 1.79. The highest BCUT2D eigenvalue weighted by Crippen LogP contribution is 2.40. The normalized spacial score (nSPS) is 17.1. The van der Waals surface area contributed by atoms with Gasteiger partial charge in [-0.3, -0.25) is 0 Å². The van der Waals surface area contributed by atoms with Crippen molar-refractivity contribution >= 4 is 0 Å². The van der Waals surface area contributed by atoms with E-state index in [9.17, 15) is 13.2 Å². The number of benzene rings is 1. The van der Waals surface area contributed by atoms with Gasteiger partial charge in [0.15, 0.2) is 6.10 Å².